The smallest absolute Gasteiger partial charge is 0.306 e. The van der Waals surface area contributed by atoms with E-state index in [2.05, 4.69) is 62.5 Å². The molecule has 0 aromatic carbocycles. The summed E-state index contributed by atoms with van der Waals surface area (Å²) < 4.78 is 22.1. The van der Waals surface area contributed by atoms with Crippen LogP contribution >= 0.6 is 0 Å². The molecule has 0 saturated carbocycles. The molecule has 324 valence electrons. The van der Waals surface area contributed by atoms with Crippen molar-refractivity contribution in [3.8, 4) is 0 Å². The van der Waals surface area contributed by atoms with Crippen molar-refractivity contribution in [1.82, 2.24) is 0 Å². The molecule has 0 amide bonds. The molecule has 0 spiro atoms. The maximum atomic E-state index is 12.7. The summed E-state index contributed by atoms with van der Waals surface area (Å²) in [6, 6.07) is 0. The first kappa shape index (κ1) is 51.7. The zero-order valence-electron chi connectivity index (χ0n) is 35.1. The van der Waals surface area contributed by atoms with Gasteiger partial charge in [-0.25, -0.2) is 0 Å². The van der Waals surface area contributed by atoms with Crippen LogP contribution in [0.1, 0.15) is 174 Å². The van der Waals surface area contributed by atoms with E-state index in [9.17, 15) is 30.0 Å². The number of hydrogen-bond acceptors (Lipinski definition) is 10. The molecule has 0 aromatic heterocycles. The van der Waals surface area contributed by atoms with Crippen LogP contribution in [0.5, 0.6) is 0 Å². The van der Waals surface area contributed by atoms with Gasteiger partial charge in [0, 0.05) is 12.8 Å². The molecule has 10 heteroatoms. The quantitative estimate of drug-likeness (QED) is 0.0275. The van der Waals surface area contributed by atoms with E-state index in [1.54, 1.807) is 0 Å². The Hall–Kier alpha value is -2.34. The van der Waals surface area contributed by atoms with E-state index in [0.29, 0.717) is 12.8 Å². The summed E-state index contributed by atoms with van der Waals surface area (Å²) in [6.07, 6.45) is 35.4. The molecule has 1 aliphatic heterocycles. The van der Waals surface area contributed by atoms with Crippen molar-refractivity contribution >= 4 is 11.9 Å². The van der Waals surface area contributed by atoms with Gasteiger partial charge >= 0.3 is 11.9 Å². The third-order valence-electron chi connectivity index (χ3n) is 9.94. The van der Waals surface area contributed by atoms with Gasteiger partial charge in [0.2, 0.25) is 0 Å². The van der Waals surface area contributed by atoms with E-state index in [-0.39, 0.29) is 32.0 Å². The van der Waals surface area contributed by atoms with Gasteiger partial charge in [-0.15, -0.1) is 0 Å². The average Bonchev–Trinajstić information content (AvgIpc) is 3.19. The summed E-state index contributed by atoms with van der Waals surface area (Å²) in [5, 5.41) is 40.0. The molecule has 2 unspecified atom stereocenters. The van der Waals surface area contributed by atoms with Crippen molar-refractivity contribution in [2.75, 3.05) is 19.8 Å². The zero-order chi connectivity index (χ0) is 40.9. The largest absolute Gasteiger partial charge is 0.462 e. The number of esters is 2. The fraction of sp³-hybridized carbons (Fsp3) is 0.783. The molecule has 1 aliphatic rings. The molecule has 1 rings (SSSR count). The van der Waals surface area contributed by atoms with E-state index < -0.39 is 49.4 Å². The number of aliphatic hydroxyl groups is 4. The minimum absolute atomic E-state index is 0.211. The molecule has 4 N–H and O–H groups in total. The third-order valence-corrected chi connectivity index (χ3v) is 9.94. The number of rotatable bonds is 36. The van der Waals surface area contributed by atoms with Crippen LogP contribution in [-0.4, -0.2) is 89.0 Å². The Labute approximate surface area is 339 Å². The van der Waals surface area contributed by atoms with Gasteiger partial charge in [-0.05, 0) is 70.6 Å². The molecular weight excluding hydrogens is 712 g/mol. The summed E-state index contributed by atoms with van der Waals surface area (Å²) in [6.45, 7) is 3.33. The Kier molecular flexibility index (Phi) is 34.1. The summed E-state index contributed by atoms with van der Waals surface area (Å²) in [7, 11) is 0. The minimum Gasteiger partial charge on any atom is -0.462 e. The van der Waals surface area contributed by atoms with E-state index >= 15 is 0 Å². The first-order valence-corrected chi connectivity index (χ1v) is 22.2. The average molecular weight is 793 g/mol. The predicted octanol–water partition coefficient (Wildman–Crippen LogP) is 9.27. The van der Waals surface area contributed by atoms with Gasteiger partial charge < -0.3 is 39.4 Å². The van der Waals surface area contributed by atoms with Gasteiger partial charge in [0.25, 0.3) is 0 Å². The summed E-state index contributed by atoms with van der Waals surface area (Å²) in [5.74, 6) is -0.834. The van der Waals surface area contributed by atoms with Gasteiger partial charge in [-0.2, -0.15) is 0 Å². The van der Waals surface area contributed by atoms with E-state index in [0.717, 1.165) is 77.0 Å². The normalized spacial score (nSPS) is 20.9. The zero-order valence-corrected chi connectivity index (χ0v) is 35.1. The molecule has 0 aromatic rings. The molecule has 1 saturated heterocycles. The Morgan fingerprint density at radius 1 is 0.554 bits per heavy atom. The van der Waals surface area contributed by atoms with Crippen LogP contribution in [-0.2, 0) is 28.5 Å². The highest BCUT2D eigenvalue weighted by Crippen LogP contribution is 2.22. The number of ether oxygens (including phenoxy) is 4. The molecule has 1 fully saturated rings. The van der Waals surface area contributed by atoms with Crippen LogP contribution in [0.25, 0.3) is 0 Å². The van der Waals surface area contributed by atoms with Gasteiger partial charge in [0.05, 0.1) is 13.2 Å². The van der Waals surface area contributed by atoms with Crippen LogP contribution in [0, 0.1) is 0 Å². The van der Waals surface area contributed by atoms with Gasteiger partial charge in [0.15, 0.2) is 12.4 Å². The van der Waals surface area contributed by atoms with Gasteiger partial charge in [-0.1, -0.05) is 140 Å². The topological polar surface area (TPSA) is 152 Å². The van der Waals surface area contributed by atoms with E-state index in [4.69, 9.17) is 18.9 Å². The Morgan fingerprint density at radius 2 is 1.02 bits per heavy atom. The fourth-order valence-electron chi connectivity index (χ4n) is 6.35. The van der Waals surface area contributed by atoms with Crippen molar-refractivity contribution in [3.63, 3.8) is 0 Å². The van der Waals surface area contributed by atoms with E-state index in [1.807, 2.05) is 0 Å². The van der Waals surface area contributed by atoms with E-state index in [1.165, 1.54) is 57.8 Å². The first-order chi connectivity index (χ1) is 27.3. The lowest BCUT2D eigenvalue weighted by atomic mass is 9.99. The lowest BCUT2D eigenvalue weighted by Gasteiger charge is -2.39. The first-order valence-electron chi connectivity index (χ1n) is 22.2. The second kappa shape index (κ2) is 37.0. The molecule has 56 heavy (non-hydrogen) atoms. The molecule has 0 bridgehead atoms. The van der Waals surface area contributed by atoms with Crippen molar-refractivity contribution in [1.29, 1.82) is 0 Å². The molecular formula is C46H80O10. The summed E-state index contributed by atoms with van der Waals surface area (Å²) in [5.41, 5.74) is 0. The van der Waals surface area contributed by atoms with Crippen LogP contribution in [0.2, 0.25) is 0 Å². The minimum atomic E-state index is -1.60. The molecule has 1 heterocycles. The standard InChI is InChI=1S/C46H80O10/c1-3-5-7-9-11-13-15-17-19-20-21-23-24-26-28-30-32-34-41(48)53-37-39(38-54-46-45(52)44(51)43(50)40(36-47)56-46)55-42(49)35-33-31-29-27-25-22-18-16-14-12-10-8-6-4-2/h10-13,16-19,39-40,43-47,50-52H,3-9,14-15,20-38H2,1-2H3/b12-10+,13-11+,18-16+,19-17+/t39-,40-,43+,44?,45?,46-/m0/s1. The number of carbonyl (C=O) groups excluding carboxylic acids is 2. The maximum Gasteiger partial charge on any atom is 0.306 e. The summed E-state index contributed by atoms with van der Waals surface area (Å²) in [4.78, 5) is 25.3. The number of unbranched alkanes of at least 4 members (excludes halogenated alkanes) is 17. The summed E-state index contributed by atoms with van der Waals surface area (Å²) >= 11 is 0. The van der Waals surface area contributed by atoms with Crippen LogP contribution < -0.4 is 0 Å². The number of allylic oxidation sites excluding steroid dienone is 8. The lowest BCUT2D eigenvalue weighted by molar-refractivity contribution is -0.305. The van der Waals surface area contributed by atoms with Crippen LogP contribution in [0.3, 0.4) is 0 Å². The van der Waals surface area contributed by atoms with Crippen molar-refractivity contribution in [3.05, 3.63) is 48.6 Å². The SMILES string of the molecule is CCCC/C=C/C/C=C/CCCCCCCC(=O)O[C@@H](COC(=O)CCCCCCCCC/C=C/C/C=C/CCCCC)CO[C@H]1O[C@@H](CO)[C@@H](O)C(O)C1O. The Bertz CT molecular complexity index is 1050. The third kappa shape index (κ3) is 28.1. The highest BCUT2D eigenvalue weighted by atomic mass is 16.7. The van der Waals surface area contributed by atoms with Crippen LogP contribution in [0.15, 0.2) is 48.6 Å². The molecule has 6 atom stereocenters. The van der Waals surface area contributed by atoms with Gasteiger partial charge in [-0.3, -0.25) is 9.59 Å². The monoisotopic (exact) mass is 793 g/mol. The van der Waals surface area contributed by atoms with Crippen LogP contribution in [0.4, 0.5) is 0 Å². The second-order valence-electron chi connectivity index (χ2n) is 15.1. The Balaban J connectivity index is 2.35. The van der Waals surface area contributed by atoms with Crippen molar-refractivity contribution in [2.45, 2.75) is 211 Å². The fourth-order valence-corrected chi connectivity index (χ4v) is 6.35. The highest BCUT2D eigenvalue weighted by molar-refractivity contribution is 5.70. The number of carbonyl (C=O) groups is 2. The molecule has 10 nitrogen and oxygen atoms in total. The Morgan fingerprint density at radius 3 is 1.54 bits per heavy atom. The molecule has 0 radical (unpaired) electrons. The lowest BCUT2D eigenvalue weighted by Crippen LogP contribution is -2.59. The van der Waals surface area contributed by atoms with Crippen molar-refractivity contribution in [2.24, 2.45) is 0 Å². The predicted molar refractivity (Wildman–Crippen MR) is 224 cm³/mol. The second-order valence-corrected chi connectivity index (χ2v) is 15.1. The van der Waals surface area contributed by atoms with Crippen molar-refractivity contribution < 1.29 is 49.0 Å². The van der Waals surface area contributed by atoms with Gasteiger partial charge in [0.1, 0.15) is 31.0 Å². The highest BCUT2D eigenvalue weighted by Gasteiger charge is 2.44. The molecule has 0 aliphatic carbocycles. The number of aliphatic hydroxyl groups excluding tert-OH is 4. The number of hydrogen-bond donors (Lipinski definition) is 4. The maximum absolute atomic E-state index is 12.7.